The van der Waals surface area contributed by atoms with Gasteiger partial charge in [0, 0.05) is 16.3 Å². The van der Waals surface area contributed by atoms with Crippen LogP contribution in [0.15, 0.2) is 33.2 Å². The minimum absolute atomic E-state index is 0.00459. The lowest BCUT2D eigenvalue weighted by atomic mass is 10.2. The number of hydrogen-bond acceptors (Lipinski definition) is 5. The summed E-state index contributed by atoms with van der Waals surface area (Å²) in [4.78, 5) is 22.1. The summed E-state index contributed by atoms with van der Waals surface area (Å²) >= 11 is 1.35. The Kier molecular flexibility index (Phi) is 4.41. The van der Waals surface area contributed by atoms with Gasteiger partial charge >= 0.3 is 5.91 Å². The van der Waals surface area contributed by atoms with Crippen molar-refractivity contribution in [3.05, 3.63) is 28.7 Å². The zero-order valence-electron chi connectivity index (χ0n) is 9.34. The summed E-state index contributed by atoms with van der Waals surface area (Å²) in [5, 5.41) is 2.33. The molecule has 0 bridgehead atoms. The van der Waals surface area contributed by atoms with Gasteiger partial charge in [-0.05, 0) is 24.0 Å². The Hall–Kier alpha value is -1.21. The highest BCUT2D eigenvalue weighted by molar-refractivity contribution is 7.99. The molecular weight excluding hydrogens is 262 g/mol. The number of carbonyl (C=O) groups excluding carboxylic acids is 1. The standard InChI is InChI=1S/C10H11NO4S2/c1-3-16-9-5-4-7(17(2,14)15)6-8(9)10(12)11-13/h4-6H,3H2,1-2H3. The van der Waals surface area contributed by atoms with E-state index in [1.54, 1.807) is 0 Å². The summed E-state index contributed by atoms with van der Waals surface area (Å²) in [7, 11) is -3.40. The summed E-state index contributed by atoms with van der Waals surface area (Å²) in [6, 6.07) is 4.12. The first kappa shape index (κ1) is 13.9. The van der Waals surface area contributed by atoms with Gasteiger partial charge in [-0.2, -0.15) is 0 Å². The van der Waals surface area contributed by atoms with Crippen LogP contribution in [0.5, 0.6) is 0 Å². The fourth-order valence-electron chi connectivity index (χ4n) is 1.24. The minimum atomic E-state index is -3.40. The number of nitroso groups, excluding NO2 is 1. The van der Waals surface area contributed by atoms with Crippen molar-refractivity contribution in [1.29, 1.82) is 0 Å². The predicted octanol–water partition coefficient (Wildman–Crippen LogP) is 2.11. The average molecular weight is 273 g/mol. The predicted molar refractivity (Wildman–Crippen MR) is 66.1 cm³/mol. The maximum Gasteiger partial charge on any atom is 0.317 e. The molecule has 0 saturated heterocycles. The highest BCUT2D eigenvalue weighted by atomic mass is 32.2. The van der Waals surface area contributed by atoms with Gasteiger partial charge in [-0.15, -0.1) is 16.7 Å². The molecule has 0 aliphatic carbocycles. The monoisotopic (exact) mass is 273 g/mol. The van der Waals surface area contributed by atoms with Gasteiger partial charge in [0.05, 0.1) is 10.5 Å². The quantitative estimate of drug-likeness (QED) is 0.620. The molecule has 7 heteroatoms. The Morgan fingerprint density at radius 1 is 1.41 bits per heavy atom. The highest BCUT2D eigenvalue weighted by Crippen LogP contribution is 2.26. The Balaban J connectivity index is 3.39. The first-order valence-corrected chi connectivity index (χ1v) is 7.62. The molecule has 0 aliphatic heterocycles. The molecule has 0 aromatic heterocycles. The third-order valence-corrected chi connectivity index (χ3v) is 4.06. The first-order valence-electron chi connectivity index (χ1n) is 4.74. The van der Waals surface area contributed by atoms with Crippen molar-refractivity contribution in [3.8, 4) is 0 Å². The van der Waals surface area contributed by atoms with Gasteiger partial charge in [0.2, 0.25) is 0 Å². The molecule has 0 spiro atoms. The van der Waals surface area contributed by atoms with Crippen LogP contribution in [0, 0.1) is 4.91 Å². The third-order valence-electron chi connectivity index (χ3n) is 1.99. The van der Waals surface area contributed by atoms with E-state index in [4.69, 9.17) is 0 Å². The van der Waals surface area contributed by atoms with Crippen molar-refractivity contribution in [1.82, 2.24) is 0 Å². The number of carbonyl (C=O) groups is 1. The Morgan fingerprint density at radius 3 is 2.53 bits per heavy atom. The molecule has 92 valence electrons. The second-order valence-electron chi connectivity index (χ2n) is 3.26. The van der Waals surface area contributed by atoms with Crippen molar-refractivity contribution < 1.29 is 13.2 Å². The van der Waals surface area contributed by atoms with E-state index in [-0.39, 0.29) is 10.5 Å². The topological polar surface area (TPSA) is 80.6 Å². The number of rotatable bonds is 4. The van der Waals surface area contributed by atoms with Crippen molar-refractivity contribution in [3.63, 3.8) is 0 Å². The summed E-state index contributed by atoms with van der Waals surface area (Å²) in [5.74, 6) is -0.247. The summed E-state index contributed by atoms with van der Waals surface area (Å²) in [6.07, 6.45) is 1.04. The fourth-order valence-corrected chi connectivity index (χ4v) is 2.66. The molecule has 0 saturated carbocycles. The summed E-state index contributed by atoms with van der Waals surface area (Å²) in [6.45, 7) is 1.89. The van der Waals surface area contributed by atoms with E-state index < -0.39 is 15.7 Å². The molecule has 1 rings (SSSR count). The highest BCUT2D eigenvalue weighted by Gasteiger charge is 2.16. The van der Waals surface area contributed by atoms with Crippen LogP contribution >= 0.6 is 11.8 Å². The number of nitrogens with zero attached hydrogens (tertiary/aromatic N) is 1. The maximum absolute atomic E-state index is 11.3. The van der Waals surface area contributed by atoms with Crippen LogP contribution in [-0.2, 0) is 9.84 Å². The van der Waals surface area contributed by atoms with Gasteiger partial charge in [0.25, 0.3) is 0 Å². The lowest BCUT2D eigenvalue weighted by Crippen LogP contribution is -2.02. The third kappa shape index (κ3) is 3.37. The van der Waals surface area contributed by atoms with E-state index in [9.17, 15) is 18.1 Å². The average Bonchev–Trinajstić information content (AvgIpc) is 2.27. The van der Waals surface area contributed by atoms with Crippen LogP contribution in [0.3, 0.4) is 0 Å². The zero-order chi connectivity index (χ0) is 13.1. The maximum atomic E-state index is 11.3. The number of sulfone groups is 1. The van der Waals surface area contributed by atoms with E-state index in [0.29, 0.717) is 10.6 Å². The van der Waals surface area contributed by atoms with Crippen LogP contribution in [0.1, 0.15) is 17.3 Å². The molecule has 0 N–H and O–H groups in total. The number of amides is 1. The summed E-state index contributed by atoms with van der Waals surface area (Å²) < 4.78 is 22.7. The molecule has 0 radical (unpaired) electrons. The Labute approximate surface area is 103 Å². The second-order valence-corrected chi connectivity index (χ2v) is 6.58. The van der Waals surface area contributed by atoms with Gasteiger partial charge in [-0.3, -0.25) is 4.79 Å². The lowest BCUT2D eigenvalue weighted by molar-refractivity contribution is 0.0998. The Morgan fingerprint density at radius 2 is 2.06 bits per heavy atom. The molecule has 0 fully saturated rings. The molecule has 0 atom stereocenters. The van der Waals surface area contributed by atoms with E-state index in [2.05, 4.69) is 5.18 Å². The number of thioether (sulfide) groups is 1. The van der Waals surface area contributed by atoms with Crippen LogP contribution in [0.2, 0.25) is 0 Å². The van der Waals surface area contributed by atoms with E-state index >= 15 is 0 Å². The molecule has 1 aromatic carbocycles. The van der Waals surface area contributed by atoms with Gasteiger partial charge in [-0.1, -0.05) is 6.92 Å². The number of hydrogen-bond donors (Lipinski definition) is 0. The fraction of sp³-hybridized carbons (Fsp3) is 0.300. The van der Waals surface area contributed by atoms with Gasteiger partial charge in [0.15, 0.2) is 9.84 Å². The molecule has 1 aromatic rings. The van der Waals surface area contributed by atoms with Crippen molar-refractivity contribution in [2.75, 3.05) is 12.0 Å². The van der Waals surface area contributed by atoms with Crippen LogP contribution in [0.25, 0.3) is 0 Å². The molecule has 0 unspecified atom stereocenters. The largest absolute Gasteiger partial charge is 0.317 e. The minimum Gasteiger partial charge on any atom is -0.263 e. The van der Waals surface area contributed by atoms with Crippen molar-refractivity contribution in [2.24, 2.45) is 5.18 Å². The molecule has 0 heterocycles. The van der Waals surface area contributed by atoms with Gasteiger partial charge < -0.3 is 0 Å². The molecule has 17 heavy (non-hydrogen) atoms. The van der Waals surface area contributed by atoms with Crippen molar-refractivity contribution in [2.45, 2.75) is 16.7 Å². The smallest absolute Gasteiger partial charge is 0.263 e. The van der Waals surface area contributed by atoms with E-state index in [1.807, 2.05) is 6.92 Å². The van der Waals surface area contributed by atoms with Crippen LogP contribution < -0.4 is 0 Å². The molecule has 0 aliphatic rings. The molecule has 5 nitrogen and oxygen atoms in total. The zero-order valence-corrected chi connectivity index (χ0v) is 11.0. The number of benzene rings is 1. The molecule has 1 amide bonds. The van der Waals surface area contributed by atoms with Gasteiger partial charge in [-0.25, -0.2) is 8.42 Å². The van der Waals surface area contributed by atoms with Crippen molar-refractivity contribution >= 4 is 27.5 Å². The molecular formula is C10H11NO4S2. The lowest BCUT2D eigenvalue weighted by Gasteiger charge is -2.06. The van der Waals surface area contributed by atoms with E-state index in [0.717, 1.165) is 6.26 Å². The SMILES string of the molecule is CCSc1ccc(S(C)(=O)=O)cc1C(=O)N=O. The van der Waals surface area contributed by atoms with Crippen LogP contribution in [-0.4, -0.2) is 26.3 Å². The van der Waals surface area contributed by atoms with E-state index in [1.165, 1.54) is 30.0 Å². The summed E-state index contributed by atoms with van der Waals surface area (Å²) in [5.41, 5.74) is 0.0368. The Bertz CT molecular complexity index is 551. The normalized spacial score (nSPS) is 11.2. The first-order chi connectivity index (χ1) is 7.90. The van der Waals surface area contributed by atoms with Gasteiger partial charge in [0.1, 0.15) is 0 Å². The van der Waals surface area contributed by atoms with Crippen LogP contribution in [0.4, 0.5) is 0 Å². The second kappa shape index (κ2) is 5.42.